The Bertz CT molecular complexity index is 876. The van der Waals surface area contributed by atoms with Gasteiger partial charge in [-0.3, -0.25) is 0 Å². The smallest absolute Gasteiger partial charge is 0.360 e. The van der Waals surface area contributed by atoms with Gasteiger partial charge in [-0.15, -0.1) is 0 Å². The number of nitrogens with one attached hydrogen (secondary N) is 2. The Morgan fingerprint density at radius 1 is 1.28 bits per heavy atom. The average molecular weight is 340 g/mol. The summed E-state index contributed by atoms with van der Waals surface area (Å²) < 4.78 is 10.7. The highest BCUT2D eigenvalue weighted by Crippen LogP contribution is 2.28. The topological polar surface area (TPSA) is 89.1 Å². The second kappa shape index (κ2) is 7.65. The van der Waals surface area contributed by atoms with Crippen molar-refractivity contribution in [1.29, 1.82) is 0 Å². The van der Waals surface area contributed by atoms with Gasteiger partial charge in [-0.1, -0.05) is 13.3 Å². The first-order valence-electron chi connectivity index (χ1n) is 8.14. The number of pyridine rings is 2. The molecule has 0 spiro atoms. The van der Waals surface area contributed by atoms with E-state index < -0.39 is 5.97 Å². The highest BCUT2D eigenvalue weighted by atomic mass is 16.5. The Morgan fingerprint density at radius 2 is 2.16 bits per heavy atom. The second-order valence-electron chi connectivity index (χ2n) is 5.53. The third kappa shape index (κ3) is 3.88. The van der Waals surface area contributed by atoms with Crippen molar-refractivity contribution < 1.29 is 14.3 Å². The lowest BCUT2D eigenvalue weighted by Gasteiger charge is -2.12. The SMILES string of the molecule is CCCCNc1cnc(C(=O)OC)c(Oc2cnc3[nH]ccc3c2)c1. The standard InChI is InChI=1S/C18H20N4O3/c1-3-4-6-19-13-9-15(16(21-10-13)18(23)24-2)25-14-8-12-5-7-20-17(12)22-11-14/h5,7-11,19H,3-4,6H2,1-2H3,(H,20,22). The van der Waals surface area contributed by atoms with E-state index in [4.69, 9.17) is 9.47 Å². The number of nitrogens with zero attached hydrogens (tertiary/aromatic N) is 2. The Balaban J connectivity index is 1.89. The van der Waals surface area contributed by atoms with Crippen molar-refractivity contribution in [2.45, 2.75) is 19.8 Å². The molecule has 7 heteroatoms. The van der Waals surface area contributed by atoms with E-state index in [0.29, 0.717) is 11.5 Å². The number of hydrogen-bond acceptors (Lipinski definition) is 6. The summed E-state index contributed by atoms with van der Waals surface area (Å²) in [4.78, 5) is 23.5. The molecule has 0 saturated carbocycles. The summed E-state index contributed by atoms with van der Waals surface area (Å²) >= 11 is 0. The lowest BCUT2D eigenvalue weighted by molar-refractivity contribution is 0.0591. The zero-order chi connectivity index (χ0) is 17.6. The van der Waals surface area contributed by atoms with Crippen LogP contribution in [-0.2, 0) is 4.74 Å². The first kappa shape index (κ1) is 16.8. The van der Waals surface area contributed by atoms with Crippen molar-refractivity contribution in [2.24, 2.45) is 0 Å². The predicted molar refractivity (Wildman–Crippen MR) is 95.1 cm³/mol. The van der Waals surface area contributed by atoms with Gasteiger partial charge >= 0.3 is 5.97 Å². The zero-order valence-electron chi connectivity index (χ0n) is 14.2. The molecule has 0 unspecified atom stereocenters. The number of aromatic amines is 1. The minimum atomic E-state index is -0.550. The molecule has 0 aliphatic rings. The van der Waals surface area contributed by atoms with Gasteiger partial charge in [0.15, 0.2) is 11.4 Å². The minimum Gasteiger partial charge on any atom is -0.464 e. The number of hydrogen-bond donors (Lipinski definition) is 2. The molecule has 7 nitrogen and oxygen atoms in total. The number of fused-ring (bicyclic) bond motifs is 1. The van der Waals surface area contributed by atoms with Gasteiger partial charge in [0.05, 0.1) is 25.2 Å². The van der Waals surface area contributed by atoms with Crippen molar-refractivity contribution in [3.63, 3.8) is 0 Å². The molecule has 0 radical (unpaired) electrons. The van der Waals surface area contributed by atoms with Crippen molar-refractivity contribution in [3.8, 4) is 11.5 Å². The lowest BCUT2D eigenvalue weighted by Crippen LogP contribution is -2.08. The molecule has 3 heterocycles. The number of unbranched alkanes of at least 4 members (excludes halogenated alkanes) is 1. The molecule has 0 amide bonds. The van der Waals surface area contributed by atoms with Crippen LogP contribution in [0.1, 0.15) is 30.3 Å². The van der Waals surface area contributed by atoms with Gasteiger partial charge in [-0.2, -0.15) is 0 Å². The molecule has 3 rings (SSSR count). The number of H-pyrrole nitrogens is 1. The summed E-state index contributed by atoms with van der Waals surface area (Å²) in [6, 6.07) is 5.49. The predicted octanol–water partition coefficient (Wildman–Crippen LogP) is 3.75. The fourth-order valence-corrected chi connectivity index (χ4v) is 2.38. The van der Waals surface area contributed by atoms with E-state index in [2.05, 4.69) is 27.2 Å². The Morgan fingerprint density at radius 3 is 2.96 bits per heavy atom. The molecule has 0 aliphatic carbocycles. The van der Waals surface area contributed by atoms with Crippen LogP contribution in [0.15, 0.2) is 36.8 Å². The summed E-state index contributed by atoms with van der Waals surface area (Å²) in [5.74, 6) is 0.292. The van der Waals surface area contributed by atoms with Gasteiger partial charge in [0.2, 0.25) is 0 Å². The maximum absolute atomic E-state index is 12.0. The first-order valence-corrected chi connectivity index (χ1v) is 8.14. The van der Waals surface area contributed by atoms with E-state index in [9.17, 15) is 4.79 Å². The molecular formula is C18H20N4O3. The highest BCUT2D eigenvalue weighted by molar-refractivity contribution is 5.90. The maximum Gasteiger partial charge on any atom is 0.360 e. The van der Waals surface area contributed by atoms with Crippen LogP contribution in [0.5, 0.6) is 11.5 Å². The number of esters is 1. The van der Waals surface area contributed by atoms with Gasteiger partial charge in [-0.25, -0.2) is 14.8 Å². The van der Waals surface area contributed by atoms with E-state index in [1.165, 1.54) is 7.11 Å². The summed E-state index contributed by atoms with van der Waals surface area (Å²) in [7, 11) is 1.31. The molecule has 3 aromatic rings. The Hall–Kier alpha value is -3.09. The summed E-state index contributed by atoms with van der Waals surface area (Å²) in [5.41, 5.74) is 1.68. The van der Waals surface area contributed by atoms with Gasteiger partial charge in [0, 0.05) is 24.2 Å². The second-order valence-corrected chi connectivity index (χ2v) is 5.53. The summed E-state index contributed by atoms with van der Waals surface area (Å²) in [5, 5.41) is 4.18. The number of anilines is 1. The Labute approximate surface area is 145 Å². The fraction of sp³-hybridized carbons (Fsp3) is 0.278. The monoisotopic (exact) mass is 340 g/mol. The first-order chi connectivity index (χ1) is 12.2. The number of carbonyl (C=O) groups excluding carboxylic acids is 1. The van der Waals surface area contributed by atoms with Crippen LogP contribution in [0.3, 0.4) is 0 Å². The third-order valence-electron chi connectivity index (χ3n) is 3.69. The molecule has 3 aromatic heterocycles. The molecule has 0 fully saturated rings. The minimum absolute atomic E-state index is 0.123. The van der Waals surface area contributed by atoms with Crippen molar-refractivity contribution in [3.05, 3.63) is 42.5 Å². The van der Waals surface area contributed by atoms with Gasteiger partial charge in [-0.05, 0) is 18.6 Å². The highest BCUT2D eigenvalue weighted by Gasteiger charge is 2.17. The van der Waals surface area contributed by atoms with Crippen molar-refractivity contribution in [2.75, 3.05) is 19.0 Å². The summed E-state index contributed by atoms with van der Waals surface area (Å²) in [6.45, 7) is 2.95. The third-order valence-corrected chi connectivity index (χ3v) is 3.69. The molecule has 0 aromatic carbocycles. The molecule has 130 valence electrons. The normalized spacial score (nSPS) is 10.6. The van der Waals surface area contributed by atoms with E-state index >= 15 is 0 Å². The molecule has 0 saturated heterocycles. The van der Waals surface area contributed by atoms with E-state index in [1.54, 1.807) is 24.7 Å². The van der Waals surface area contributed by atoms with Crippen LogP contribution >= 0.6 is 0 Å². The number of rotatable bonds is 7. The van der Waals surface area contributed by atoms with Gasteiger partial charge < -0.3 is 19.8 Å². The number of ether oxygens (including phenoxy) is 2. The molecule has 2 N–H and O–H groups in total. The van der Waals surface area contributed by atoms with Gasteiger partial charge in [0.1, 0.15) is 11.4 Å². The molecule has 25 heavy (non-hydrogen) atoms. The number of carbonyl (C=O) groups is 1. The van der Waals surface area contributed by atoms with Gasteiger partial charge in [0.25, 0.3) is 0 Å². The van der Waals surface area contributed by atoms with Crippen LogP contribution in [0, 0.1) is 0 Å². The van der Waals surface area contributed by atoms with Crippen LogP contribution in [-0.4, -0.2) is 34.6 Å². The van der Waals surface area contributed by atoms with Crippen molar-refractivity contribution in [1.82, 2.24) is 15.0 Å². The molecule has 0 atom stereocenters. The van der Waals surface area contributed by atoms with E-state index in [1.807, 2.05) is 12.1 Å². The van der Waals surface area contributed by atoms with Crippen molar-refractivity contribution >= 4 is 22.7 Å². The van der Waals surface area contributed by atoms with Crippen LogP contribution in [0.25, 0.3) is 11.0 Å². The summed E-state index contributed by atoms with van der Waals surface area (Å²) in [6.07, 6.45) is 7.13. The quantitative estimate of drug-likeness (QED) is 0.503. The van der Waals surface area contributed by atoms with Crippen LogP contribution in [0.2, 0.25) is 0 Å². The average Bonchev–Trinajstić information content (AvgIpc) is 3.09. The molecule has 0 aliphatic heterocycles. The van der Waals surface area contributed by atoms with Crippen LogP contribution < -0.4 is 10.1 Å². The maximum atomic E-state index is 12.0. The largest absolute Gasteiger partial charge is 0.464 e. The van der Waals surface area contributed by atoms with Crippen LogP contribution in [0.4, 0.5) is 5.69 Å². The lowest BCUT2D eigenvalue weighted by atomic mass is 10.2. The Kier molecular flexibility index (Phi) is 5.13. The molecular weight excluding hydrogens is 320 g/mol. The molecule has 0 bridgehead atoms. The number of methoxy groups -OCH3 is 1. The zero-order valence-corrected chi connectivity index (χ0v) is 14.2. The number of aromatic nitrogens is 3. The van der Waals surface area contributed by atoms with E-state index in [-0.39, 0.29) is 5.69 Å². The fourth-order valence-electron chi connectivity index (χ4n) is 2.38. The van der Waals surface area contributed by atoms with E-state index in [0.717, 1.165) is 36.1 Å².